The van der Waals surface area contributed by atoms with Gasteiger partial charge >= 0.3 is 58.2 Å². The van der Waals surface area contributed by atoms with Crippen LogP contribution in [-0.4, -0.2) is 72.5 Å². The fraction of sp³-hybridized carbons (Fsp3) is 0.250. The third kappa shape index (κ3) is 10.9. The molecule has 11 heavy (non-hydrogen) atoms. The first kappa shape index (κ1) is 14.4. The maximum absolute atomic E-state index is 10.4. The third-order valence-electron chi connectivity index (χ3n) is 0.539. The van der Waals surface area contributed by atoms with Crippen LogP contribution < -0.4 is 5.48 Å². The minimum atomic E-state index is -3.01. The van der Waals surface area contributed by atoms with E-state index in [4.69, 9.17) is 0 Å². The second-order valence-electron chi connectivity index (χ2n) is 1.28. The van der Waals surface area contributed by atoms with Gasteiger partial charge in [-0.2, -0.15) is 4.28 Å². The van der Waals surface area contributed by atoms with Crippen molar-refractivity contribution >= 4 is 75.1 Å². The Balaban J connectivity index is 0. The van der Waals surface area contributed by atoms with E-state index in [0.29, 0.717) is 0 Å². The summed E-state index contributed by atoms with van der Waals surface area (Å²) in [6, 6.07) is 0. The van der Waals surface area contributed by atoms with Gasteiger partial charge in [0.2, 0.25) is 0 Å². The number of nitrogens with one attached hydrogen (secondary N) is 1. The van der Waals surface area contributed by atoms with Crippen LogP contribution in [0.4, 0.5) is 0 Å². The van der Waals surface area contributed by atoms with Gasteiger partial charge in [-0.1, -0.05) is 6.08 Å². The molecule has 1 amide bonds. The molecule has 0 aromatic rings. The van der Waals surface area contributed by atoms with Crippen LogP contribution in [0, 0.1) is 0 Å². The van der Waals surface area contributed by atoms with Crippen LogP contribution in [0.2, 0.25) is 0 Å². The average Bonchev–Trinajstić information content (AvgIpc) is 1.85. The van der Waals surface area contributed by atoms with Crippen molar-refractivity contribution in [1.82, 2.24) is 5.48 Å². The number of hydrogen-bond donors (Lipinski definition) is 2. The van der Waals surface area contributed by atoms with Crippen LogP contribution >= 0.6 is 0 Å². The van der Waals surface area contributed by atoms with E-state index in [0.717, 1.165) is 6.08 Å². The van der Waals surface area contributed by atoms with Crippen molar-refractivity contribution in [3.05, 3.63) is 12.2 Å². The quantitative estimate of drug-likeness (QED) is 0.363. The number of amides is 1. The van der Waals surface area contributed by atoms with Crippen LogP contribution in [0.5, 0.6) is 0 Å². The third-order valence-corrected chi connectivity index (χ3v) is 0.779. The average molecular weight is 252 g/mol. The van der Waals surface area contributed by atoms with E-state index in [9.17, 15) is 13.2 Å². The molecule has 0 unspecified atom stereocenters. The van der Waals surface area contributed by atoms with Crippen molar-refractivity contribution in [2.24, 2.45) is 0 Å². The summed E-state index contributed by atoms with van der Waals surface area (Å²) in [5.41, 5.74) is 1.66. The molecule has 0 rings (SSSR count). The van der Waals surface area contributed by atoms with Crippen molar-refractivity contribution in [2.45, 2.75) is 6.92 Å². The number of carbonyl (C=O) groups excluding carboxylic acids is 1. The van der Waals surface area contributed by atoms with Crippen LogP contribution in [0.1, 0.15) is 6.92 Å². The van der Waals surface area contributed by atoms with Crippen LogP contribution in [0.3, 0.4) is 0 Å². The summed E-state index contributed by atoms with van der Waals surface area (Å²) in [6.45, 7) is 1.62. The van der Waals surface area contributed by atoms with Gasteiger partial charge in [0.15, 0.2) is 0 Å². The molecular weight excluding hydrogens is 244 g/mol. The van der Waals surface area contributed by atoms with Crippen molar-refractivity contribution < 1.29 is 17.5 Å². The number of carbonyl (C=O) groups is 1. The van der Waals surface area contributed by atoms with Gasteiger partial charge in [0.05, 0.1) is 0 Å². The van der Waals surface area contributed by atoms with E-state index in [1.165, 1.54) is 6.08 Å². The van der Waals surface area contributed by atoms with Gasteiger partial charge in [-0.05, 0) is 6.92 Å². The first-order chi connectivity index (χ1) is 4.66. The molecule has 0 aliphatic rings. The molecule has 0 aromatic heterocycles. The monoisotopic (exact) mass is 251 g/mol. The van der Waals surface area contributed by atoms with E-state index in [-0.39, 0.29) is 58.2 Å². The standard InChI is InChI=1S/C4H7NO4S.Rb.H/c1-2-3-4(6)5-9-10(7)8;;/h2-3,10H,1H3,(H,5,6);;. The molecule has 1 N–H and O–H groups in total. The first-order valence-corrected chi connectivity index (χ1v) is 3.50. The topological polar surface area (TPSA) is 72.5 Å². The Bertz CT molecular complexity index is 204. The molecule has 0 heterocycles. The normalized spacial score (nSPS) is 9.64. The minimum absolute atomic E-state index is 0. The maximum atomic E-state index is 10.4. The molecule has 0 aliphatic heterocycles. The Morgan fingerprint density at radius 1 is 1.55 bits per heavy atom. The van der Waals surface area contributed by atoms with E-state index in [1.807, 2.05) is 0 Å². The summed E-state index contributed by atoms with van der Waals surface area (Å²) in [7, 11) is -3.01. The molecule has 0 bridgehead atoms. The molecular formula is C4H8NO4RbS. The van der Waals surface area contributed by atoms with Crippen LogP contribution in [0.15, 0.2) is 12.2 Å². The number of hydrogen-bond acceptors (Lipinski definition) is 4. The van der Waals surface area contributed by atoms with E-state index >= 15 is 0 Å². The second kappa shape index (κ2) is 9.02. The second-order valence-corrected chi connectivity index (χ2v) is 1.91. The Kier molecular flexibility index (Phi) is 11.8. The Hall–Kier alpha value is 0.925. The molecule has 60 valence electrons. The zero-order valence-electron chi connectivity index (χ0n) is 5.23. The Morgan fingerprint density at radius 3 is 2.45 bits per heavy atom. The zero-order chi connectivity index (χ0) is 7.98. The predicted octanol–water partition coefficient (Wildman–Crippen LogP) is -1.51. The molecule has 0 aromatic carbocycles. The summed E-state index contributed by atoms with van der Waals surface area (Å²) in [6.07, 6.45) is 2.59. The molecule has 0 atom stereocenters. The first-order valence-electron chi connectivity index (χ1n) is 2.41. The number of allylic oxidation sites excluding steroid dienone is 1. The summed E-state index contributed by atoms with van der Waals surface area (Å²) in [5.74, 6) is -0.610. The van der Waals surface area contributed by atoms with Gasteiger partial charge in [0, 0.05) is 6.08 Å². The van der Waals surface area contributed by atoms with Crippen LogP contribution in [0.25, 0.3) is 0 Å². The van der Waals surface area contributed by atoms with E-state index in [2.05, 4.69) is 4.28 Å². The van der Waals surface area contributed by atoms with Crippen molar-refractivity contribution in [3.8, 4) is 0 Å². The van der Waals surface area contributed by atoms with Gasteiger partial charge < -0.3 is 0 Å². The fourth-order valence-electron chi connectivity index (χ4n) is 0.268. The molecule has 7 heteroatoms. The molecule has 5 nitrogen and oxygen atoms in total. The molecule has 0 fully saturated rings. The number of hydroxylamine groups is 1. The van der Waals surface area contributed by atoms with Gasteiger partial charge in [0.25, 0.3) is 16.9 Å². The van der Waals surface area contributed by atoms with Gasteiger partial charge in [-0.25, -0.2) is 13.9 Å². The summed E-state index contributed by atoms with van der Waals surface area (Å²) >= 11 is 0. The van der Waals surface area contributed by atoms with Gasteiger partial charge in [0.1, 0.15) is 0 Å². The van der Waals surface area contributed by atoms with Crippen LogP contribution in [-0.2, 0) is 20.1 Å². The summed E-state index contributed by atoms with van der Waals surface area (Å²) in [4.78, 5) is 10.4. The number of thiol groups is 1. The molecule has 0 saturated heterocycles. The summed E-state index contributed by atoms with van der Waals surface area (Å²) < 4.78 is 23.1. The number of rotatable bonds is 3. The van der Waals surface area contributed by atoms with Crippen molar-refractivity contribution in [3.63, 3.8) is 0 Å². The van der Waals surface area contributed by atoms with E-state index < -0.39 is 16.9 Å². The molecule has 0 radical (unpaired) electrons. The zero-order valence-corrected chi connectivity index (χ0v) is 6.13. The molecule has 0 saturated carbocycles. The predicted molar refractivity (Wildman–Crippen MR) is 41.5 cm³/mol. The van der Waals surface area contributed by atoms with E-state index in [1.54, 1.807) is 12.4 Å². The molecule has 0 spiro atoms. The summed E-state index contributed by atoms with van der Waals surface area (Å²) in [5, 5.41) is 0. The van der Waals surface area contributed by atoms with Gasteiger partial charge in [-0.15, -0.1) is 0 Å². The van der Waals surface area contributed by atoms with Crippen molar-refractivity contribution in [2.75, 3.05) is 0 Å². The SMILES string of the molecule is CC=CC(=O)NO[SH](=O)=O.[RbH]. The Labute approximate surface area is 115 Å². The fourth-order valence-corrected chi connectivity index (χ4v) is 0.432. The Morgan fingerprint density at radius 2 is 2.09 bits per heavy atom. The molecule has 0 aliphatic carbocycles. The van der Waals surface area contributed by atoms with Crippen molar-refractivity contribution in [1.29, 1.82) is 0 Å². The van der Waals surface area contributed by atoms with Gasteiger partial charge in [-0.3, -0.25) is 4.79 Å².